The van der Waals surface area contributed by atoms with Gasteiger partial charge >= 0.3 is 11.0 Å². The quantitative estimate of drug-likeness (QED) is 0.243. The van der Waals surface area contributed by atoms with Crippen molar-refractivity contribution >= 4 is 68.1 Å². The van der Waals surface area contributed by atoms with Gasteiger partial charge in [-0.1, -0.05) is 57.2 Å². The fraction of sp³-hybridized carbons (Fsp3) is 0.200. The topological polar surface area (TPSA) is 97.7 Å². The maximum atomic E-state index is 13.9. The van der Waals surface area contributed by atoms with Crippen LogP contribution >= 0.6 is 39.0 Å². The monoisotopic (exact) mass is 703 g/mol. The molecule has 44 heavy (non-hydrogen) atoms. The Morgan fingerprint density at radius 2 is 1.70 bits per heavy atom. The summed E-state index contributed by atoms with van der Waals surface area (Å²) in [6, 6.07) is 17.8. The number of hydrogen-bond donors (Lipinski definition) is 1. The van der Waals surface area contributed by atoms with Crippen LogP contribution in [0.2, 0.25) is 0 Å². The molecule has 1 N–H and O–H groups in total. The van der Waals surface area contributed by atoms with Crippen molar-refractivity contribution in [1.29, 1.82) is 0 Å². The van der Waals surface area contributed by atoms with Crippen LogP contribution in [-0.4, -0.2) is 34.6 Å². The van der Waals surface area contributed by atoms with Crippen LogP contribution in [-0.2, 0) is 27.1 Å². The van der Waals surface area contributed by atoms with Crippen LogP contribution < -0.4 is 19.8 Å². The number of ether oxygens (including phenoxy) is 1. The number of halogens is 4. The number of aromatic nitrogens is 1. The highest BCUT2D eigenvalue weighted by Crippen LogP contribution is 2.54. The van der Waals surface area contributed by atoms with Gasteiger partial charge in [-0.3, -0.25) is 23.7 Å². The number of alkyl halides is 3. The normalized spacial score (nSPS) is 19.5. The Kier molecular flexibility index (Phi) is 7.92. The molecule has 2 aliphatic rings. The molecule has 1 aromatic heterocycles. The van der Waals surface area contributed by atoms with Gasteiger partial charge in [-0.25, -0.2) is 4.90 Å². The third-order valence-electron chi connectivity index (χ3n) is 7.39. The van der Waals surface area contributed by atoms with Gasteiger partial charge in [-0.15, -0.1) is 0 Å². The lowest BCUT2D eigenvalue weighted by Crippen LogP contribution is -2.33. The van der Waals surface area contributed by atoms with Gasteiger partial charge in [0.25, 0.3) is 0 Å². The minimum atomic E-state index is -4.67. The number of nitrogens with zero attached hydrogens (tertiary/aromatic N) is 2. The molecule has 1 saturated heterocycles. The summed E-state index contributed by atoms with van der Waals surface area (Å²) in [4.78, 5) is 54.9. The Hall–Kier alpha value is -3.88. The first kappa shape index (κ1) is 30.2. The number of fused-ring (bicyclic) bond motifs is 2. The van der Waals surface area contributed by atoms with E-state index >= 15 is 0 Å². The molecule has 4 aromatic rings. The summed E-state index contributed by atoms with van der Waals surface area (Å²) in [5.74, 6) is -2.97. The molecule has 226 valence electrons. The molecule has 0 saturated carbocycles. The number of anilines is 2. The molecule has 0 radical (unpaired) electrons. The number of imide groups is 1. The molecule has 3 heterocycles. The number of thiazole rings is 1. The lowest BCUT2D eigenvalue weighted by atomic mass is 9.83. The zero-order valence-electron chi connectivity index (χ0n) is 22.6. The Morgan fingerprint density at radius 1 is 1.00 bits per heavy atom. The molecular weight excluding hydrogens is 683 g/mol. The predicted octanol–water partition coefficient (Wildman–Crippen LogP) is 6.13. The Labute approximate surface area is 265 Å². The Balaban J connectivity index is 1.39. The smallest absolute Gasteiger partial charge is 0.416 e. The first-order chi connectivity index (χ1) is 21.0. The van der Waals surface area contributed by atoms with Crippen LogP contribution in [0.15, 0.2) is 87.1 Å². The highest BCUT2D eigenvalue weighted by molar-refractivity contribution is 9.10. The molecule has 6 rings (SSSR count). The van der Waals surface area contributed by atoms with Crippen molar-refractivity contribution in [1.82, 2.24) is 4.57 Å². The summed E-state index contributed by atoms with van der Waals surface area (Å²) >= 11 is 5.25. The van der Waals surface area contributed by atoms with E-state index in [1.807, 2.05) is 0 Å². The molecule has 3 amide bonds. The van der Waals surface area contributed by atoms with E-state index in [0.29, 0.717) is 26.9 Å². The molecule has 0 spiro atoms. The van der Waals surface area contributed by atoms with Gasteiger partial charge in [0.2, 0.25) is 17.7 Å². The maximum Gasteiger partial charge on any atom is 0.416 e. The second-order valence-electron chi connectivity index (χ2n) is 10.1. The predicted molar refractivity (Wildman–Crippen MR) is 163 cm³/mol. The molecule has 14 heteroatoms. The second-order valence-corrected chi connectivity index (χ2v) is 13.1. The van der Waals surface area contributed by atoms with Crippen LogP contribution in [0.4, 0.5) is 24.5 Å². The minimum absolute atomic E-state index is 0.181. The van der Waals surface area contributed by atoms with E-state index in [0.717, 1.165) is 50.7 Å². The number of carbonyl (C=O) groups excluding carboxylic acids is 3. The first-order valence-electron chi connectivity index (χ1n) is 13.1. The number of carbonyl (C=O) groups is 3. The summed E-state index contributed by atoms with van der Waals surface area (Å²) < 4.78 is 47.6. The van der Waals surface area contributed by atoms with Crippen molar-refractivity contribution in [2.45, 2.75) is 28.9 Å². The fourth-order valence-corrected chi connectivity index (χ4v) is 8.42. The summed E-state index contributed by atoms with van der Waals surface area (Å²) in [5.41, 5.74) is -0.0352. The molecule has 2 aliphatic heterocycles. The van der Waals surface area contributed by atoms with E-state index in [1.54, 1.807) is 48.5 Å². The number of rotatable bonds is 6. The van der Waals surface area contributed by atoms with Gasteiger partial charge in [0.15, 0.2) is 0 Å². The van der Waals surface area contributed by atoms with Crippen molar-refractivity contribution < 1.29 is 32.3 Å². The molecule has 1 fully saturated rings. The van der Waals surface area contributed by atoms with Gasteiger partial charge in [-0.05, 0) is 60.2 Å². The van der Waals surface area contributed by atoms with E-state index in [9.17, 15) is 32.3 Å². The maximum absolute atomic E-state index is 13.9. The highest BCUT2D eigenvalue weighted by Gasteiger charge is 2.57. The van der Waals surface area contributed by atoms with Crippen molar-refractivity contribution in [2.75, 3.05) is 17.3 Å². The largest absolute Gasteiger partial charge is 0.497 e. The third-order valence-corrected chi connectivity index (χ3v) is 10.5. The lowest BCUT2D eigenvalue weighted by molar-refractivity contribution is -0.137. The highest BCUT2D eigenvalue weighted by atomic mass is 79.9. The molecule has 8 nitrogen and oxygen atoms in total. The van der Waals surface area contributed by atoms with Gasteiger partial charge in [0.1, 0.15) is 17.5 Å². The standard InChI is InChI=1S/C30H21BrF3N3O5S2/c1-42-20-11-9-18(10-12-20)35-21(38)14-36-28-25(44-29(36)41)22(15-5-7-17(31)8-6-15)23-24(43-28)27(40)37(26(23)39)19-4-2-3-16(13-19)30(32,33)34/h2-13,22-24H,14H2,1H3,(H,35,38). The lowest BCUT2D eigenvalue weighted by Gasteiger charge is -2.30. The van der Waals surface area contributed by atoms with Crippen molar-refractivity contribution in [2.24, 2.45) is 5.92 Å². The van der Waals surface area contributed by atoms with E-state index in [4.69, 9.17) is 4.74 Å². The summed E-state index contributed by atoms with van der Waals surface area (Å²) in [6.07, 6.45) is -4.67. The molecule has 3 unspecified atom stereocenters. The van der Waals surface area contributed by atoms with E-state index < -0.39 is 51.4 Å². The molecule has 0 aliphatic carbocycles. The molecule has 3 aromatic carbocycles. The summed E-state index contributed by atoms with van der Waals surface area (Å²) in [5, 5.41) is 2.07. The zero-order valence-corrected chi connectivity index (χ0v) is 25.9. The number of benzene rings is 3. The Morgan fingerprint density at radius 3 is 2.36 bits per heavy atom. The van der Waals surface area contributed by atoms with Gasteiger partial charge in [0, 0.05) is 21.0 Å². The molecular formula is C30H21BrF3N3O5S2. The minimum Gasteiger partial charge on any atom is -0.497 e. The van der Waals surface area contributed by atoms with E-state index in [1.165, 1.54) is 17.7 Å². The molecule has 3 atom stereocenters. The van der Waals surface area contributed by atoms with Gasteiger partial charge < -0.3 is 10.1 Å². The van der Waals surface area contributed by atoms with Crippen LogP contribution in [0.1, 0.15) is 21.9 Å². The van der Waals surface area contributed by atoms with Crippen LogP contribution in [0, 0.1) is 5.92 Å². The van der Waals surface area contributed by atoms with Gasteiger partial charge in [-0.2, -0.15) is 13.2 Å². The third kappa shape index (κ3) is 5.46. The van der Waals surface area contributed by atoms with Crippen LogP contribution in [0.25, 0.3) is 0 Å². The van der Waals surface area contributed by atoms with E-state index in [-0.39, 0.29) is 12.2 Å². The number of hydrogen-bond acceptors (Lipinski definition) is 7. The summed E-state index contributed by atoms with van der Waals surface area (Å²) in [7, 11) is 1.52. The molecule has 0 bridgehead atoms. The van der Waals surface area contributed by atoms with Crippen LogP contribution in [0.5, 0.6) is 5.75 Å². The second kappa shape index (κ2) is 11.6. The number of nitrogens with one attached hydrogen (secondary N) is 1. The summed E-state index contributed by atoms with van der Waals surface area (Å²) in [6.45, 7) is -0.354. The van der Waals surface area contributed by atoms with Gasteiger partial charge in [0.05, 0.1) is 29.3 Å². The average molecular weight is 705 g/mol. The van der Waals surface area contributed by atoms with Crippen molar-refractivity contribution in [3.05, 3.63) is 103 Å². The Bertz CT molecular complexity index is 1840. The van der Waals surface area contributed by atoms with Crippen molar-refractivity contribution in [3.63, 3.8) is 0 Å². The zero-order chi connectivity index (χ0) is 31.3. The number of methoxy groups -OCH3 is 1. The first-order valence-corrected chi connectivity index (χ1v) is 15.6. The van der Waals surface area contributed by atoms with E-state index in [2.05, 4.69) is 21.2 Å². The number of thioether (sulfide) groups is 1. The van der Waals surface area contributed by atoms with Crippen molar-refractivity contribution in [3.8, 4) is 5.75 Å². The SMILES string of the molecule is COc1ccc(NC(=O)Cn2c3c(sc2=O)C(c2ccc(Br)cc2)C2C(=O)N(c4cccc(C(F)(F)F)c4)C(=O)C2S3)cc1. The average Bonchev–Trinajstić information content (AvgIpc) is 3.43. The fourth-order valence-electron chi connectivity index (χ4n) is 5.38. The van der Waals surface area contributed by atoms with Crippen LogP contribution in [0.3, 0.4) is 0 Å². The number of amides is 3.